The fourth-order valence-electron chi connectivity index (χ4n) is 2.03. The molecule has 1 aromatic carbocycles. The van der Waals surface area contributed by atoms with Crippen molar-refractivity contribution in [2.75, 3.05) is 18.6 Å². The Morgan fingerprint density at radius 2 is 2.31 bits per heavy atom. The van der Waals surface area contributed by atoms with E-state index in [1.807, 2.05) is 6.07 Å². The Labute approximate surface area is 94.4 Å². The van der Waals surface area contributed by atoms with Gasteiger partial charge in [0.2, 0.25) is 5.91 Å². The lowest BCUT2D eigenvalue weighted by molar-refractivity contribution is -0.116. The van der Waals surface area contributed by atoms with Gasteiger partial charge in [-0.05, 0) is 24.6 Å². The lowest BCUT2D eigenvalue weighted by Crippen LogP contribution is -2.34. The molecule has 16 heavy (non-hydrogen) atoms. The summed E-state index contributed by atoms with van der Waals surface area (Å²) in [6, 6.07) is 5.40. The summed E-state index contributed by atoms with van der Waals surface area (Å²) < 4.78 is 5.11. The van der Waals surface area contributed by atoms with Gasteiger partial charge in [0.05, 0.1) is 13.2 Å². The highest BCUT2D eigenvalue weighted by Gasteiger charge is 2.25. The number of hydrogen-bond donors (Lipinski definition) is 1. The van der Waals surface area contributed by atoms with E-state index in [0.717, 1.165) is 11.3 Å². The van der Waals surface area contributed by atoms with Crippen molar-refractivity contribution in [2.24, 2.45) is 0 Å². The summed E-state index contributed by atoms with van der Waals surface area (Å²) in [5.41, 5.74) is 1.55. The van der Waals surface area contributed by atoms with Crippen LogP contribution in [0.3, 0.4) is 0 Å². The zero-order chi connectivity index (χ0) is 11.7. The molecule has 0 saturated carbocycles. The minimum Gasteiger partial charge on any atom is -0.497 e. The average molecular weight is 221 g/mol. The third-order valence-corrected chi connectivity index (χ3v) is 2.89. The van der Waals surface area contributed by atoms with E-state index < -0.39 is 6.10 Å². The summed E-state index contributed by atoms with van der Waals surface area (Å²) in [5, 5.41) is 9.89. The van der Waals surface area contributed by atoms with Crippen molar-refractivity contribution in [1.29, 1.82) is 0 Å². The molecule has 0 aromatic heterocycles. The molecule has 4 heteroatoms. The highest BCUT2D eigenvalue weighted by molar-refractivity contribution is 5.93. The monoisotopic (exact) mass is 221 g/mol. The second-order valence-corrected chi connectivity index (χ2v) is 3.90. The number of anilines is 1. The van der Waals surface area contributed by atoms with Gasteiger partial charge in [0.15, 0.2) is 0 Å². The van der Waals surface area contributed by atoms with Crippen molar-refractivity contribution in [1.82, 2.24) is 0 Å². The van der Waals surface area contributed by atoms with Gasteiger partial charge in [0.1, 0.15) is 5.75 Å². The van der Waals surface area contributed by atoms with Crippen molar-refractivity contribution < 1.29 is 14.6 Å². The molecule has 1 aliphatic heterocycles. The normalized spacial score (nSPS) is 19.2. The van der Waals surface area contributed by atoms with Crippen LogP contribution in [0.5, 0.6) is 5.75 Å². The van der Waals surface area contributed by atoms with Crippen LogP contribution in [-0.4, -0.2) is 24.7 Å². The molecule has 1 aliphatic rings. The van der Waals surface area contributed by atoms with Crippen molar-refractivity contribution in [2.45, 2.75) is 19.4 Å². The number of rotatable bonds is 1. The van der Waals surface area contributed by atoms with Crippen LogP contribution in [0.15, 0.2) is 18.2 Å². The Bertz CT molecular complexity index is 417. The van der Waals surface area contributed by atoms with Crippen molar-refractivity contribution >= 4 is 11.6 Å². The Morgan fingerprint density at radius 1 is 1.56 bits per heavy atom. The number of fused-ring (bicyclic) bond motifs is 1. The van der Waals surface area contributed by atoms with E-state index in [4.69, 9.17) is 4.74 Å². The molecule has 1 N–H and O–H groups in total. The van der Waals surface area contributed by atoms with E-state index in [1.54, 1.807) is 24.1 Å². The lowest BCUT2D eigenvalue weighted by atomic mass is 9.98. The van der Waals surface area contributed by atoms with E-state index in [0.29, 0.717) is 18.7 Å². The van der Waals surface area contributed by atoms with Crippen LogP contribution in [0, 0.1) is 0 Å². The fraction of sp³-hybridized carbons (Fsp3) is 0.417. The van der Waals surface area contributed by atoms with Gasteiger partial charge >= 0.3 is 0 Å². The van der Waals surface area contributed by atoms with E-state index in [1.165, 1.54) is 6.92 Å². The highest BCUT2D eigenvalue weighted by Crippen LogP contribution is 2.36. The number of nitrogens with zero attached hydrogens (tertiary/aromatic N) is 1. The minimum absolute atomic E-state index is 0.00156. The molecule has 0 bridgehead atoms. The van der Waals surface area contributed by atoms with Crippen LogP contribution in [0.2, 0.25) is 0 Å². The van der Waals surface area contributed by atoms with Crippen LogP contribution in [0.1, 0.15) is 25.0 Å². The number of aliphatic hydroxyl groups excluding tert-OH is 1. The molecule has 0 fully saturated rings. The molecule has 1 amide bonds. The van der Waals surface area contributed by atoms with Crippen molar-refractivity contribution in [3.05, 3.63) is 23.8 Å². The predicted molar refractivity (Wildman–Crippen MR) is 60.6 cm³/mol. The first-order valence-corrected chi connectivity index (χ1v) is 5.27. The summed E-state index contributed by atoms with van der Waals surface area (Å²) >= 11 is 0. The first-order valence-electron chi connectivity index (χ1n) is 5.27. The van der Waals surface area contributed by atoms with E-state index in [2.05, 4.69) is 0 Å². The molecule has 2 rings (SSSR count). The topological polar surface area (TPSA) is 49.8 Å². The standard InChI is InChI=1S/C12H15NO3/c1-8(14)13-6-5-12(15)10-7-9(16-2)3-4-11(10)13/h3-4,7,12,15H,5-6H2,1-2H3/t12-/m0/s1. The quantitative estimate of drug-likeness (QED) is 0.781. The summed E-state index contributed by atoms with van der Waals surface area (Å²) in [4.78, 5) is 13.1. The summed E-state index contributed by atoms with van der Waals surface area (Å²) in [6.07, 6.45) is 0.0560. The molecule has 4 nitrogen and oxygen atoms in total. The third-order valence-electron chi connectivity index (χ3n) is 2.89. The Morgan fingerprint density at radius 3 is 2.94 bits per heavy atom. The first-order chi connectivity index (χ1) is 7.63. The highest BCUT2D eigenvalue weighted by atomic mass is 16.5. The largest absolute Gasteiger partial charge is 0.497 e. The molecule has 0 unspecified atom stereocenters. The van der Waals surface area contributed by atoms with Gasteiger partial charge < -0.3 is 14.7 Å². The lowest BCUT2D eigenvalue weighted by Gasteiger charge is -2.31. The molecular formula is C12H15NO3. The smallest absolute Gasteiger partial charge is 0.223 e. The molecule has 86 valence electrons. The number of amides is 1. The van der Waals surface area contributed by atoms with Gasteiger partial charge in [-0.1, -0.05) is 0 Å². The van der Waals surface area contributed by atoms with Gasteiger partial charge in [-0.15, -0.1) is 0 Å². The number of benzene rings is 1. The second kappa shape index (κ2) is 4.14. The van der Waals surface area contributed by atoms with Crippen molar-refractivity contribution in [3.8, 4) is 5.75 Å². The van der Waals surface area contributed by atoms with Gasteiger partial charge in [0.25, 0.3) is 0 Å². The molecule has 0 spiro atoms. The predicted octanol–water partition coefficient (Wildman–Crippen LogP) is 1.49. The molecule has 0 aliphatic carbocycles. The minimum atomic E-state index is -0.513. The van der Waals surface area contributed by atoms with Crippen LogP contribution in [-0.2, 0) is 4.79 Å². The van der Waals surface area contributed by atoms with Crippen molar-refractivity contribution in [3.63, 3.8) is 0 Å². The number of carbonyl (C=O) groups is 1. The number of hydrogen-bond acceptors (Lipinski definition) is 3. The Hall–Kier alpha value is -1.55. The van der Waals surface area contributed by atoms with Gasteiger partial charge in [-0.2, -0.15) is 0 Å². The second-order valence-electron chi connectivity index (χ2n) is 3.90. The zero-order valence-corrected chi connectivity index (χ0v) is 9.43. The molecule has 1 heterocycles. The fourth-order valence-corrected chi connectivity index (χ4v) is 2.03. The SMILES string of the molecule is COc1ccc2c(c1)[C@@H](O)CCN2C(C)=O. The summed E-state index contributed by atoms with van der Waals surface area (Å²) in [7, 11) is 1.58. The molecular weight excluding hydrogens is 206 g/mol. The number of carbonyl (C=O) groups excluding carboxylic acids is 1. The Balaban J connectivity index is 2.47. The molecule has 1 atom stereocenters. The summed E-state index contributed by atoms with van der Waals surface area (Å²) in [5.74, 6) is 0.696. The van der Waals surface area contributed by atoms with Crippen LogP contribution in [0.25, 0.3) is 0 Å². The number of methoxy groups -OCH3 is 1. The molecule has 1 aromatic rings. The van der Waals surface area contributed by atoms with Crippen LogP contribution >= 0.6 is 0 Å². The zero-order valence-electron chi connectivity index (χ0n) is 9.43. The molecule has 0 saturated heterocycles. The van der Waals surface area contributed by atoms with E-state index in [9.17, 15) is 9.90 Å². The summed E-state index contributed by atoms with van der Waals surface area (Å²) in [6.45, 7) is 2.10. The first kappa shape index (κ1) is 11.0. The van der Waals surface area contributed by atoms with Gasteiger partial charge in [-0.3, -0.25) is 4.79 Å². The Kier molecular flexibility index (Phi) is 2.83. The maximum absolute atomic E-state index is 11.4. The maximum Gasteiger partial charge on any atom is 0.223 e. The van der Waals surface area contributed by atoms with Crippen LogP contribution in [0.4, 0.5) is 5.69 Å². The average Bonchev–Trinajstić information content (AvgIpc) is 2.29. The number of ether oxygens (including phenoxy) is 1. The van der Waals surface area contributed by atoms with E-state index in [-0.39, 0.29) is 5.91 Å². The van der Waals surface area contributed by atoms with Gasteiger partial charge in [-0.25, -0.2) is 0 Å². The third kappa shape index (κ3) is 1.76. The molecule has 0 radical (unpaired) electrons. The van der Waals surface area contributed by atoms with E-state index >= 15 is 0 Å². The van der Waals surface area contributed by atoms with Gasteiger partial charge in [0, 0.05) is 24.7 Å². The van der Waals surface area contributed by atoms with Crippen LogP contribution < -0.4 is 9.64 Å². The number of aliphatic hydroxyl groups is 1. The maximum atomic E-state index is 11.4.